The Morgan fingerprint density at radius 3 is 2.76 bits per heavy atom. The number of primary amides is 1. The van der Waals surface area contributed by atoms with Crippen LogP contribution in [0.25, 0.3) is 10.1 Å². The highest BCUT2D eigenvalue weighted by Gasteiger charge is 2.39. The number of nitrogens with zero attached hydrogens (tertiary/aromatic N) is 1. The normalized spacial score (nSPS) is 19.1. The summed E-state index contributed by atoms with van der Waals surface area (Å²) in [6.07, 6.45) is 2.09. The Morgan fingerprint density at radius 2 is 2.10 bits per heavy atom. The van der Waals surface area contributed by atoms with Gasteiger partial charge in [0.2, 0.25) is 5.91 Å². The number of carbonyl (C=O) groups is 2. The van der Waals surface area contributed by atoms with Crippen molar-refractivity contribution in [2.75, 3.05) is 6.61 Å². The molecule has 148 valence electrons. The largest absolute Gasteiger partial charge is 0.462 e. The van der Waals surface area contributed by atoms with Gasteiger partial charge in [0, 0.05) is 11.3 Å². The number of hydrogen-bond acceptors (Lipinski definition) is 7. The van der Waals surface area contributed by atoms with E-state index in [0.717, 1.165) is 22.9 Å². The molecule has 1 atom stereocenters. The van der Waals surface area contributed by atoms with Crippen LogP contribution in [0.2, 0.25) is 0 Å². The summed E-state index contributed by atoms with van der Waals surface area (Å²) in [5, 5.41) is 14.9. The Hall–Kier alpha value is -3.31. The van der Waals surface area contributed by atoms with Gasteiger partial charge in [-0.05, 0) is 48.1 Å². The van der Waals surface area contributed by atoms with E-state index in [0.29, 0.717) is 29.3 Å². The van der Waals surface area contributed by atoms with E-state index < -0.39 is 17.8 Å². The van der Waals surface area contributed by atoms with Gasteiger partial charge in [0.05, 0.1) is 28.4 Å². The van der Waals surface area contributed by atoms with E-state index in [2.05, 4.69) is 11.4 Å². The number of hydrogen-bond donors (Lipinski definition) is 3. The van der Waals surface area contributed by atoms with Gasteiger partial charge in [-0.1, -0.05) is 12.1 Å². The van der Waals surface area contributed by atoms with E-state index in [4.69, 9.17) is 16.2 Å². The Labute approximate surface area is 171 Å². The fraction of sp³-hybridized carbons (Fsp3) is 0.286. The van der Waals surface area contributed by atoms with Crippen LogP contribution in [0.3, 0.4) is 0 Å². The van der Waals surface area contributed by atoms with Crippen molar-refractivity contribution in [1.29, 1.82) is 5.26 Å². The van der Waals surface area contributed by atoms with E-state index in [1.54, 1.807) is 19.1 Å². The van der Waals surface area contributed by atoms with Crippen LogP contribution in [0.1, 0.15) is 36.8 Å². The average molecular weight is 408 g/mol. The van der Waals surface area contributed by atoms with Crippen molar-refractivity contribution in [2.45, 2.75) is 25.7 Å². The molecule has 4 rings (SSSR count). The number of nitrogens with one attached hydrogen (secondary N) is 1. The first kappa shape index (κ1) is 19.0. The predicted octanol–water partition coefficient (Wildman–Crippen LogP) is 2.34. The minimum Gasteiger partial charge on any atom is -0.462 e. The quantitative estimate of drug-likeness (QED) is 0.651. The highest BCUT2D eigenvalue weighted by Crippen LogP contribution is 2.43. The topological polar surface area (TPSA) is 131 Å². The third-order valence-corrected chi connectivity index (χ3v) is 6.33. The first-order valence-electron chi connectivity index (χ1n) is 9.27. The smallest absolute Gasteiger partial charge is 0.338 e. The second-order valence-electron chi connectivity index (χ2n) is 7.32. The van der Waals surface area contributed by atoms with Gasteiger partial charge in [-0.2, -0.15) is 5.26 Å². The molecular weight excluding hydrogens is 388 g/mol. The zero-order chi connectivity index (χ0) is 20.7. The van der Waals surface area contributed by atoms with Crippen LogP contribution < -0.4 is 16.8 Å². The summed E-state index contributed by atoms with van der Waals surface area (Å²) in [5.41, 5.74) is 14.0. The number of benzene rings is 1. The van der Waals surface area contributed by atoms with E-state index >= 15 is 0 Å². The fourth-order valence-electron chi connectivity index (χ4n) is 3.66. The van der Waals surface area contributed by atoms with Crippen LogP contribution in [0, 0.1) is 17.2 Å². The molecule has 1 aromatic carbocycles. The number of esters is 1. The highest BCUT2D eigenvalue weighted by molar-refractivity contribution is 7.17. The molecule has 1 aromatic heterocycles. The number of fused-ring (bicyclic) bond motifs is 1. The first-order valence-corrected chi connectivity index (χ1v) is 10.1. The van der Waals surface area contributed by atoms with Crippen LogP contribution in [-0.2, 0) is 14.3 Å². The summed E-state index contributed by atoms with van der Waals surface area (Å²) in [7, 11) is 0. The maximum absolute atomic E-state index is 13.0. The number of thiophene rings is 1. The molecule has 2 aliphatic rings. The SMILES string of the molecule is CC1=C(C(N)=O)C(c2csc3c(C#N)cccc23)C(C(=O)OCC2CC2)=C(N)N1. The van der Waals surface area contributed by atoms with Gasteiger partial charge in [-0.15, -0.1) is 11.3 Å². The minimum atomic E-state index is -0.761. The molecular formula is C21H20N4O3S. The van der Waals surface area contributed by atoms with Crippen molar-refractivity contribution in [3.63, 3.8) is 0 Å². The van der Waals surface area contributed by atoms with Crippen LogP contribution >= 0.6 is 11.3 Å². The van der Waals surface area contributed by atoms with Crippen LogP contribution in [-0.4, -0.2) is 18.5 Å². The number of dihydropyridines is 1. The summed E-state index contributed by atoms with van der Waals surface area (Å²) in [4.78, 5) is 25.3. The highest BCUT2D eigenvalue weighted by atomic mass is 32.1. The lowest BCUT2D eigenvalue weighted by molar-refractivity contribution is -0.139. The van der Waals surface area contributed by atoms with Crippen molar-refractivity contribution in [3.8, 4) is 6.07 Å². The van der Waals surface area contributed by atoms with Gasteiger partial charge in [0.15, 0.2) is 0 Å². The summed E-state index contributed by atoms with van der Waals surface area (Å²) >= 11 is 1.38. The van der Waals surface area contributed by atoms with E-state index in [1.807, 2.05) is 11.4 Å². The fourth-order valence-corrected chi connectivity index (χ4v) is 4.72. The van der Waals surface area contributed by atoms with Gasteiger partial charge < -0.3 is 21.5 Å². The number of ether oxygens (including phenoxy) is 1. The van der Waals surface area contributed by atoms with Crippen LogP contribution in [0.4, 0.5) is 0 Å². The van der Waals surface area contributed by atoms with Crippen molar-refractivity contribution < 1.29 is 14.3 Å². The maximum Gasteiger partial charge on any atom is 0.338 e. The monoisotopic (exact) mass is 408 g/mol. The number of nitriles is 1. The Balaban J connectivity index is 1.87. The second kappa shape index (κ2) is 7.26. The second-order valence-corrected chi connectivity index (χ2v) is 8.19. The molecule has 1 aliphatic carbocycles. The predicted molar refractivity (Wildman–Crippen MR) is 109 cm³/mol. The lowest BCUT2D eigenvalue weighted by Crippen LogP contribution is -2.37. The number of allylic oxidation sites excluding steroid dienone is 1. The van der Waals surface area contributed by atoms with Crippen molar-refractivity contribution in [2.24, 2.45) is 17.4 Å². The zero-order valence-electron chi connectivity index (χ0n) is 15.8. The molecule has 2 heterocycles. The molecule has 1 unspecified atom stereocenters. The zero-order valence-corrected chi connectivity index (χ0v) is 16.6. The minimum absolute atomic E-state index is 0.147. The summed E-state index contributed by atoms with van der Waals surface area (Å²) in [5.74, 6) is -1.43. The molecule has 7 nitrogen and oxygen atoms in total. The summed E-state index contributed by atoms with van der Waals surface area (Å²) in [6, 6.07) is 7.55. The molecule has 1 amide bonds. The number of nitrogens with two attached hydrogens (primary N) is 2. The molecule has 1 fully saturated rings. The van der Waals surface area contributed by atoms with Crippen LogP contribution in [0.15, 0.2) is 46.2 Å². The van der Waals surface area contributed by atoms with Crippen LogP contribution in [0.5, 0.6) is 0 Å². The number of rotatable bonds is 5. The summed E-state index contributed by atoms with van der Waals surface area (Å²) < 4.78 is 6.27. The van der Waals surface area contributed by atoms with E-state index in [-0.39, 0.29) is 17.0 Å². The molecule has 5 N–H and O–H groups in total. The molecule has 8 heteroatoms. The number of amides is 1. The number of carbonyl (C=O) groups excluding carboxylic acids is 2. The molecule has 2 aromatic rings. The van der Waals surface area contributed by atoms with Gasteiger partial charge in [0.1, 0.15) is 11.9 Å². The lowest BCUT2D eigenvalue weighted by atomic mass is 9.81. The molecule has 1 aliphatic heterocycles. The molecule has 0 saturated heterocycles. The standard InChI is InChI=1S/C21H20N4O3S/c1-10-15(20(24)26)16(14-9-29-18-12(7-22)3-2-4-13(14)18)17(19(23)25-10)21(27)28-8-11-5-6-11/h2-4,9,11,16,25H,5-6,8,23H2,1H3,(H2,24,26). The maximum atomic E-state index is 13.0. The first-order chi connectivity index (χ1) is 13.9. The van der Waals surface area contributed by atoms with Crippen molar-refractivity contribution >= 4 is 33.3 Å². The third kappa shape index (κ3) is 3.34. The van der Waals surface area contributed by atoms with Crippen molar-refractivity contribution in [3.05, 3.63) is 57.4 Å². The van der Waals surface area contributed by atoms with E-state index in [1.165, 1.54) is 11.3 Å². The molecule has 1 saturated carbocycles. The Morgan fingerprint density at radius 1 is 1.34 bits per heavy atom. The Kier molecular flexibility index (Phi) is 4.76. The van der Waals surface area contributed by atoms with Gasteiger partial charge in [-0.3, -0.25) is 4.79 Å². The Bertz CT molecular complexity index is 1130. The third-order valence-electron chi connectivity index (χ3n) is 5.29. The lowest BCUT2D eigenvalue weighted by Gasteiger charge is -2.29. The summed E-state index contributed by atoms with van der Waals surface area (Å²) in [6.45, 7) is 2.03. The van der Waals surface area contributed by atoms with Gasteiger partial charge >= 0.3 is 5.97 Å². The van der Waals surface area contributed by atoms with Gasteiger partial charge in [-0.25, -0.2) is 4.79 Å². The van der Waals surface area contributed by atoms with Gasteiger partial charge in [0.25, 0.3) is 0 Å². The average Bonchev–Trinajstić information content (AvgIpc) is 3.41. The molecule has 29 heavy (non-hydrogen) atoms. The molecule has 0 spiro atoms. The molecule has 0 bridgehead atoms. The van der Waals surface area contributed by atoms with E-state index in [9.17, 15) is 14.9 Å². The van der Waals surface area contributed by atoms with Crippen molar-refractivity contribution in [1.82, 2.24) is 5.32 Å². The molecule has 0 radical (unpaired) electrons.